The minimum atomic E-state index is -0.578. The second kappa shape index (κ2) is 5.71. The van der Waals surface area contributed by atoms with Crippen LogP contribution in [0.2, 0.25) is 10.0 Å². The monoisotopic (exact) mass is 247 g/mol. The number of hydrogen-bond acceptors (Lipinski definition) is 2. The third kappa shape index (κ3) is 3.08. The molecule has 2 atom stereocenters. The number of aliphatic hydroxyl groups excluding tert-OH is 1. The molecule has 0 spiro atoms. The lowest BCUT2D eigenvalue weighted by Gasteiger charge is -2.20. The Morgan fingerprint density at radius 1 is 1.40 bits per heavy atom. The fourth-order valence-corrected chi connectivity index (χ4v) is 1.89. The van der Waals surface area contributed by atoms with Crippen LogP contribution < -0.4 is 5.73 Å². The lowest BCUT2D eigenvalue weighted by molar-refractivity contribution is 0.134. The topological polar surface area (TPSA) is 46.2 Å². The van der Waals surface area contributed by atoms with Gasteiger partial charge in [0.25, 0.3) is 0 Å². The first-order valence-electron chi connectivity index (χ1n) is 4.95. The summed E-state index contributed by atoms with van der Waals surface area (Å²) in [4.78, 5) is 0. The van der Waals surface area contributed by atoms with Gasteiger partial charge in [0.15, 0.2) is 0 Å². The minimum absolute atomic E-state index is 0.432. The summed E-state index contributed by atoms with van der Waals surface area (Å²) in [6.07, 6.45) is 0.961. The predicted octanol–water partition coefficient (Wildman–Crippen LogP) is 3.15. The lowest BCUT2D eigenvalue weighted by atomic mass is 9.99. The van der Waals surface area contributed by atoms with Crippen molar-refractivity contribution in [1.29, 1.82) is 0 Å². The third-order valence-corrected chi connectivity index (χ3v) is 3.17. The summed E-state index contributed by atoms with van der Waals surface area (Å²) in [5.41, 5.74) is 6.60. The molecule has 0 fully saturated rings. The van der Waals surface area contributed by atoms with E-state index >= 15 is 0 Å². The smallest absolute Gasteiger partial charge is 0.0733 e. The number of benzene rings is 1. The summed E-state index contributed by atoms with van der Waals surface area (Å²) >= 11 is 11.9. The zero-order valence-electron chi connectivity index (χ0n) is 8.58. The van der Waals surface area contributed by atoms with Crippen molar-refractivity contribution in [2.24, 2.45) is 5.73 Å². The van der Waals surface area contributed by atoms with Crippen molar-refractivity contribution < 1.29 is 5.11 Å². The molecule has 1 rings (SSSR count). The maximum absolute atomic E-state index is 9.76. The van der Waals surface area contributed by atoms with Crippen molar-refractivity contribution in [2.75, 3.05) is 0 Å². The first-order valence-corrected chi connectivity index (χ1v) is 5.71. The summed E-state index contributed by atoms with van der Waals surface area (Å²) in [6.45, 7) is 2.00. The Hall–Kier alpha value is -0.280. The van der Waals surface area contributed by atoms with Gasteiger partial charge in [0.2, 0.25) is 0 Å². The quantitative estimate of drug-likeness (QED) is 0.859. The molecule has 1 aromatic rings. The molecular weight excluding hydrogens is 233 g/mol. The third-order valence-electron chi connectivity index (χ3n) is 2.34. The van der Waals surface area contributed by atoms with Gasteiger partial charge >= 0.3 is 0 Å². The van der Waals surface area contributed by atoms with E-state index < -0.39 is 12.1 Å². The lowest BCUT2D eigenvalue weighted by Crippen LogP contribution is -2.26. The molecule has 0 aliphatic rings. The molecule has 4 heteroatoms. The average molecular weight is 248 g/mol. The summed E-state index contributed by atoms with van der Waals surface area (Å²) in [5, 5.41) is 10.7. The van der Waals surface area contributed by atoms with Crippen molar-refractivity contribution in [2.45, 2.75) is 31.9 Å². The van der Waals surface area contributed by atoms with E-state index in [2.05, 4.69) is 0 Å². The van der Waals surface area contributed by atoms with Crippen LogP contribution in [-0.2, 0) is 0 Å². The second-order valence-corrected chi connectivity index (χ2v) is 4.31. The number of halogens is 2. The normalized spacial score (nSPS) is 15.0. The fraction of sp³-hybridized carbons (Fsp3) is 0.455. The van der Waals surface area contributed by atoms with E-state index in [9.17, 15) is 5.11 Å². The molecule has 0 saturated heterocycles. The summed E-state index contributed by atoms with van der Waals surface area (Å²) in [7, 11) is 0. The summed E-state index contributed by atoms with van der Waals surface area (Å²) in [6, 6.07) is 4.79. The van der Waals surface area contributed by atoms with E-state index in [1.54, 1.807) is 18.2 Å². The molecule has 2 nitrogen and oxygen atoms in total. The van der Waals surface area contributed by atoms with E-state index in [1.165, 1.54) is 0 Å². The zero-order chi connectivity index (χ0) is 11.4. The van der Waals surface area contributed by atoms with Crippen LogP contribution in [0, 0.1) is 0 Å². The Kier molecular flexibility index (Phi) is 4.87. The van der Waals surface area contributed by atoms with Gasteiger partial charge < -0.3 is 10.8 Å². The molecule has 0 saturated carbocycles. The molecule has 0 radical (unpaired) electrons. The van der Waals surface area contributed by atoms with Gasteiger partial charge in [0.05, 0.1) is 22.2 Å². The van der Waals surface area contributed by atoms with Gasteiger partial charge in [0, 0.05) is 0 Å². The fourth-order valence-electron chi connectivity index (χ4n) is 1.46. The van der Waals surface area contributed by atoms with Crippen molar-refractivity contribution >= 4 is 23.2 Å². The van der Waals surface area contributed by atoms with Gasteiger partial charge in [-0.25, -0.2) is 0 Å². The van der Waals surface area contributed by atoms with E-state index in [1.807, 2.05) is 6.92 Å². The van der Waals surface area contributed by atoms with Crippen LogP contribution in [0.5, 0.6) is 0 Å². The van der Waals surface area contributed by atoms with Crippen LogP contribution in [0.3, 0.4) is 0 Å². The number of aliphatic hydroxyl groups is 1. The van der Waals surface area contributed by atoms with Crippen molar-refractivity contribution in [3.63, 3.8) is 0 Å². The number of nitrogens with two attached hydrogens (primary N) is 1. The van der Waals surface area contributed by atoms with Gasteiger partial charge in [0.1, 0.15) is 0 Å². The van der Waals surface area contributed by atoms with Crippen LogP contribution in [0.4, 0.5) is 0 Å². The Labute approximate surface area is 100.0 Å². The second-order valence-electron chi connectivity index (χ2n) is 3.52. The molecule has 0 heterocycles. The molecule has 0 aliphatic carbocycles. The molecule has 1 aromatic carbocycles. The van der Waals surface area contributed by atoms with Crippen LogP contribution >= 0.6 is 23.2 Å². The maximum atomic E-state index is 9.76. The highest BCUT2D eigenvalue weighted by atomic mass is 35.5. The molecule has 0 amide bonds. The highest BCUT2D eigenvalue weighted by molar-refractivity contribution is 6.42. The maximum Gasteiger partial charge on any atom is 0.0733 e. The Bertz CT molecular complexity index is 330. The summed E-state index contributed by atoms with van der Waals surface area (Å²) < 4.78 is 0. The van der Waals surface area contributed by atoms with E-state index in [-0.39, 0.29) is 0 Å². The Morgan fingerprint density at radius 3 is 2.67 bits per heavy atom. The van der Waals surface area contributed by atoms with Gasteiger partial charge in [-0.15, -0.1) is 0 Å². The highest BCUT2D eigenvalue weighted by Crippen LogP contribution is 2.30. The van der Waals surface area contributed by atoms with Gasteiger partial charge in [-0.1, -0.05) is 48.7 Å². The number of rotatable bonds is 4. The van der Waals surface area contributed by atoms with Gasteiger partial charge in [-0.2, -0.15) is 0 Å². The van der Waals surface area contributed by atoms with Gasteiger partial charge in [-0.3, -0.25) is 0 Å². The predicted molar refractivity (Wildman–Crippen MR) is 64.3 cm³/mol. The molecule has 15 heavy (non-hydrogen) atoms. The Morgan fingerprint density at radius 2 is 2.07 bits per heavy atom. The average Bonchev–Trinajstić information content (AvgIpc) is 2.21. The molecule has 0 aliphatic heterocycles. The molecule has 0 aromatic heterocycles. The molecule has 3 N–H and O–H groups in total. The molecular formula is C11H15Cl2NO. The standard InChI is InChI=1S/C11H15Cl2NO/c1-2-4-9(15)11(14)7-5-3-6-8(12)10(7)13/h3,5-6,9,11,15H,2,4,14H2,1H3/t9-,11+/m0/s1. The van der Waals surface area contributed by atoms with Crippen LogP contribution in [0.25, 0.3) is 0 Å². The van der Waals surface area contributed by atoms with E-state index in [0.29, 0.717) is 22.0 Å². The van der Waals surface area contributed by atoms with Crippen LogP contribution in [-0.4, -0.2) is 11.2 Å². The summed E-state index contributed by atoms with van der Waals surface area (Å²) in [5.74, 6) is 0. The largest absolute Gasteiger partial charge is 0.391 e. The molecule has 0 unspecified atom stereocenters. The molecule has 0 bridgehead atoms. The van der Waals surface area contributed by atoms with E-state index in [0.717, 1.165) is 6.42 Å². The van der Waals surface area contributed by atoms with Crippen LogP contribution in [0.1, 0.15) is 31.4 Å². The Balaban J connectivity index is 2.90. The SMILES string of the molecule is CCC[C@H](O)[C@H](N)c1cccc(Cl)c1Cl. The minimum Gasteiger partial charge on any atom is -0.391 e. The van der Waals surface area contributed by atoms with E-state index in [4.69, 9.17) is 28.9 Å². The first kappa shape index (κ1) is 12.8. The first-order chi connectivity index (χ1) is 7.07. The van der Waals surface area contributed by atoms with Crippen LogP contribution in [0.15, 0.2) is 18.2 Å². The van der Waals surface area contributed by atoms with Gasteiger partial charge in [-0.05, 0) is 18.1 Å². The molecule has 84 valence electrons. The highest BCUT2D eigenvalue weighted by Gasteiger charge is 2.19. The number of hydrogen-bond donors (Lipinski definition) is 2. The van der Waals surface area contributed by atoms with Crippen molar-refractivity contribution in [1.82, 2.24) is 0 Å². The van der Waals surface area contributed by atoms with Crippen molar-refractivity contribution in [3.8, 4) is 0 Å². The van der Waals surface area contributed by atoms with Crippen molar-refractivity contribution in [3.05, 3.63) is 33.8 Å². The zero-order valence-corrected chi connectivity index (χ0v) is 10.1.